The lowest BCUT2D eigenvalue weighted by atomic mass is 9.99. The van der Waals surface area contributed by atoms with E-state index in [1.54, 1.807) is 25.6 Å². The average molecular weight is 328 g/mol. The Labute approximate surface area is 139 Å². The summed E-state index contributed by atoms with van der Waals surface area (Å²) >= 11 is 1.71. The molecule has 0 saturated heterocycles. The first-order chi connectivity index (χ1) is 11.2. The third-order valence-corrected chi connectivity index (χ3v) is 5.10. The van der Waals surface area contributed by atoms with Crippen molar-refractivity contribution in [2.45, 2.75) is 12.3 Å². The van der Waals surface area contributed by atoms with Crippen molar-refractivity contribution in [2.24, 2.45) is 5.73 Å². The highest BCUT2D eigenvalue weighted by molar-refractivity contribution is 7.18. The zero-order valence-electron chi connectivity index (χ0n) is 13.3. The van der Waals surface area contributed by atoms with E-state index in [0.717, 1.165) is 34.0 Å². The number of rotatable bonds is 6. The second kappa shape index (κ2) is 6.98. The van der Waals surface area contributed by atoms with Gasteiger partial charge < -0.3 is 15.2 Å². The second-order valence-electron chi connectivity index (χ2n) is 5.33. The van der Waals surface area contributed by atoms with Crippen molar-refractivity contribution in [3.63, 3.8) is 0 Å². The summed E-state index contributed by atoms with van der Waals surface area (Å²) in [7, 11) is 3.33. The van der Waals surface area contributed by atoms with Gasteiger partial charge in [-0.3, -0.25) is 0 Å². The summed E-state index contributed by atoms with van der Waals surface area (Å²) < 4.78 is 11.9. The van der Waals surface area contributed by atoms with Crippen LogP contribution >= 0.6 is 11.3 Å². The molecule has 0 aliphatic heterocycles. The van der Waals surface area contributed by atoms with Crippen LogP contribution < -0.4 is 15.2 Å². The third-order valence-electron chi connectivity index (χ3n) is 3.90. The molecule has 0 amide bonds. The minimum Gasteiger partial charge on any atom is -0.497 e. The molecule has 0 aliphatic rings. The first kappa shape index (κ1) is 15.8. The molecule has 3 aromatic rings. The number of nitrogens with zero attached hydrogens (tertiary/aromatic N) is 1. The number of benzene rings is 2. The number of methoxy groups -OCH3 is 2. The Bertz CT molecular complexity index is 768. The van der Waals surface area contributed by atoms with Crippen LogP contribution in [0.3, 0.4) is 0 Å². The molecule has 1 aromatic heterocycles. The molecule has 0 bridgehead atoms. The van der Waals surface area contributed by atoms with Gasteiger partial charge in [0.05, 0.1) is 29.4 Å². The van der Waals surface area contributed by atoms with Gasteiger partial charge in [0.25, 0.3) is 0 Å². The van der Waals surface area contributed by atoms with Crippen molar-refractivity contribution in [1.82, 2.24) is 4.98 Å². The van der Waals surface area contributed by atoms with E-state index in [4.69, 9.17) is 20.2 Å². The smallest absolute Gasteiger partial charge is 0.125 e. The molecule has 5 heteroatoms. The highest BCUT2D eigenvalue weighted by Crippen LogP contribution is 2.32. The lowest BCUT2D eigenvalue weighted by Crippen LogP contribution is -2.15. The Balaban J connectivity index is 1.90. The SMILES string of the molecule is COc1ccc(CC(CN)c2nc3ccccc3s2)c(OC)c1. The zero-order valence-corrected chi connectivity index (χ0v) is 14.1. The van der Waals surface area contributed by atoms with Crippen LogP contribution in [0.25, 0.3) is 10.2 Å². The molecule has 0 saturated carbocycles. The molecule has 2 aromatic carbocycles. The minimum absolute atomic E-state index is 0.176. The number of para-hydroxylation sites is 1. The molecular weight excluding hydrogens is 308 g/mol. The highest BCUT2D eigenvalue weighted by atomic mass is 32.1. The van der Waals surface area contributed by atoms with Crippen LogP contribution in [0.2, 0.25) is 0 Å². The van der Waals surface area contributed by atoms with Gasteiger partial charge in [0.1, 0.15) is 11.5 Å². The van der Waals surface area contributed by atoms with E-state index in [9.17, 15) is 0 Å². The van der Waals surface area contributed by atoms with Gasteiger partial charge in [0.15, 0.2) is 0 Å². The van der Waals surface area contributed by atoms with Crippen molar-refractivity contribution >= 4 is 21.6 Å². The monoisotopic (exact) mass is 328 g/mol. The molecular formula is C18H20N2O2S. The largest absolute Gasteiger partial charge is 0.497 e. The predicted molar refractivity (Wildman–Crippen MR) is 94.7 cm³/mol. The van der Waals surface area contributed by atoms with Gasteiger partial charge in [-0.05, 0) is 30.2 Å². The zero-order chi connectivity index (χ0) is 16.2. The molecule has 0 fully saturated rings. The first-order valence-electron chi connectivity index (χ1n) is 7.51. The van der Waals surface area contributed by atoms with E-state index >= 15 is 0 Å². The van der Waals surface area contributed by atoms with Crippen LogP contribution in [0.5, 0.6) is 11.5 Å². The number of thiazole rings is 1. The summed E-state index contributed by atoms with van der Waals surface area (Å²) in [5.41, 5.74) is 8.17. The normalized spacial score (nSPS) is 12.3. The van der Waals surface area contributed by atoms with Crippen LogP contribution in [-0.2, 0) is 6.42 Å². The number of fused-ring (bicyclic) bond motifs is 1. The number of aromatic nitrogens is 1. The summed E-state index contributed by atoms with van der Waals surface area (Å²) in [4.78, 5) is 4.74. The van der Waals surface area contributed by atoms with E-state index < -0.39 is 0 Å². The summed E-state index contributed by atoms with van der Waals surface area (Å²) in [6, 6.07) is 14.1. The molecule has 0 aliphatic carbocycles. The maximum Gasteiger partial charge on any atom is 0.125 e. The molecule has 0 spiro atoms. The van der Waals surface area contributed by atoms with Crippen LogP contribution in [0.4, 0.5) is 0 Å². The van der Waals surface area contributed by atoms with E-state index in [0.29, 0.717) is 6.54 Å². The fourth-order valence-electron chi connectivity index (χ4n) is 2.62. The number of nitrogens with two attached hydrogens (primary N) is 1. The lowest BCUT2D eigenvalue weighted by Gasteiger charge is -2.15. The number of hydrogen-bond donors (Lipinski definition) is 1. The number of hydrogen-bond acceptors (Lipinski definition) is 5. The number of ether oxygens (including phenoxy) is 2. The molecule has 1 atom stereocenters. The fourth-order valence-corrected chi connectivity index (χ4v) is 3.70. The Hall–Kier alpha value is -2.11. The maximum absolute atomic E-state index is 6.02. The summed E-state index contributed by atoms with van der Waals surface area (Å²) in [5, 5.41) is 1.08. The predicted octanol–water partition coefficient (Wildman–Crippen LogP) is 3.60. The first-order valence-corrected chi connectivity index (χ1v) is 8.33. The Morgan fingerprint density at radius 1 is 1.13 bits per heavy atom. The van der Waals surface area contributed by atoms with Gasteiger partial charge >= 0.3 is 0 Å². The van der Waals surface area contributed by atoms with Gasteiger partial charge in [-0.1, -0.05) is 18.2 Å². The quantitative estimate of drug-likeness (QED) is 0.751. The van der Waals surface area contributed by atoms with Crippen molar-refractivity contribution in [1.29, 1.82) is 0 Å². The fraction of sp³-hybridized carbons (Fsp3) is 0.278. The average Bonchev–Trinajstić information content (AvgIpc) is 3.03. The molecule has 4 nitrogen and oxygen atoms in total. The Morgan fingerprint density at radius 3 is 2.65 bits per heavy atom. The third kappa shape index (κ3) is 3.30. The van der Waals surface area contributed by atoms with Crippen LogP contribution in [0.15, 0.2) is 42.5 Å². The van der Waals surface area contributed by atoms with Crippen LogP contribution in [-0.4, -0.2) is 25.7 Å². The standard InChI is InChI=1S/C18H20N2O2S/c1-21-14-8-7-12(16(10-14)22-2)9-13(11-19)18-20-15-5-3-4-6-17(15)23-18/h3-8,10,13H,9,11,19H2,1-2H3. The van der Waals surface area contributed by atoms with Gasteiger partial charge in [-0.15, -0.1) is 11.3 Å². The van der Waals surface area contributed by atoms with Gasteiger partial charge in [-0.2, -0.15) is 0 Å². The summed E-state index contributed by atoms with van der Waals surface area (Å²) in [5.74, 6) is 1.79. The molecule has 0 radical (unpaired) electrons. The van der Waals surface area contributed by atoms with Gasteiger partial charge in [-0.25, -0.2) is 4.98 Å². The van der Waals surface area contributed by atoms with Crippen molar-refractivity contribution in [3.05, 3.63) is 53.0 Å². The van der Waals surface area contributed by atoms with E-state index in [1.165, 1.54) is 4.70 Å². The molecule has 23 heavy (non-hydrogen) atoms. The van der Waals surface area contributed by atoms with Crippen LogP contribution in [0.1, 0.15) is 16.5 Å². The van der Waals surface area contributed by atoms with Crippen molar-refractivity contribution < 1.29 is 9.47 Å². The molecule has 2 N–H and O–H groups in total. The van der Waals surface area contributed by atoms with E-state index in [-0.39, 0.29) is 5.92 Å². The maximum atomic E-state index is 6.02. The second-order valence-corrected chi connectivity index (χ2v) is 6.40. The molecule has 1 unspecified atom stereocenters. The van der Waals surface area contributed by atoms with E-state index in [2.05, 4.69) is 6.07 Å². The Morgan fingerprint density at radius 2 is 1.96 bits per heavy atom. The van der Waals surface area contributed by atoms with Crippen LogP contribution in [0, 0.1) is 0 Å². The minimum atomic E-state index is 0.176. The molecule has 3 rings (SSSR count). The van der Waals surface area contributed by atoms with Crippen molar-refractivity contribution in [3.8, 4) is 11.5 Å². The molecule has 120 valence electrons. The van der Waals surface area contributed by atoms with Crippen molar-refractivity contribution in [2.75, 3.05) is 20.8 Å². The topological polar surface area (TPSA) is 57.4 Å². The summed E-state index contributed by atoms with van der Waals surface area (Å²) in [6.45, 7) is 0.551. The summed E-state index contributed by atoms with van der Waals surface area (Å²) in [6.07, 6.45) is 0.795. The van der Waals surface area contributed by atoms with Gasteiger partial charge in [0, 0.05) is 18.5 Å². The molecule has 1 heterocycles. The van der Waals surface area contributed by atoms with E-state index in [1.807, 2.05) is 36.4 Å². The Kier molecular flexibility index (Phi) is 4.79. The van der Waals surface area contributed by atoms with Gasteiger partial charge in [0.2, 0.25) is 0 Å². The lowest BCUT2D eigenvalue weighted by molar-refractivity contribution is 0.390. The highest BCUT2D eigenvalue weighted by Gasteiger charge is 2.18.